The Hall–Kier alpha value is -1.06. The maximum atomic E-state index is 11.6. The maximum Gasteiger partial charge on any atom is 0.306 e. The molecule has 0 aromatic rings. The molecule has 110 valence electrons. The van der Waals surface area contributed by atoms with Crippen LogP contribution >= 0.6 is 0 Å². The van der Waals surface area contributed by atoms with Crippen LogP contribution in [0.4, 0.5) is 0 Å². The molecule has 0 aliphatic heterocycles. The normalized spacial score (nSPS) is 23.2. The van der Waals surface area contributed by atoms with Crippen molar-refractivity contribution in [2.24, 2.45) is 5.92 Å². The topological polar surface area (TPSA) is 52.6 Å². The Morgan fingerprint density at radius 2 is 1.47 bits per heavy atom. The van der Waals surface area contributed by atoms with Crippen molar-refractivity contribution in [2.45, 2.75) is 77.9 Å². The van der Waals surface area contributed by atoms with Gasteiger partial charge in [-0.15, -0.1) is 0 Å². The molecule has 1 aliphatic carbocycles. The van der Waals surface area contributed by atoms with Gasteiger partial charge in [0.05, 0.1) is 0 Å². The first kappa shape index (κ1) is 16.0. The number of carbonyl (C=O) groups is 2. The van der Waals surface area contributed by atoms with Gasteiger partial charge in [0, 0.05) is 12.8 Å². The summed E-state index contributed by atoms with van der Waals surface area (Å²) in [6.07, 6.45) is 5.01. The molecule has 1 saturated carbocycles. The lowest BCUT2D eigenvalue weighted by Gasteiger charge is -2.28. The van der Waals surface area contributed by atoms with E-state index in [2.05, 4.69) is 0 Å². The van der Waals surface area contributed by atoms with E-state index in [4.69, 9.17) is 9.47 Å². The van der Waals surface area contributed by atoms with Crippen LogP contribution in [0.2, 0.25) is 0 Å². The monoisotopic (exact) mass is 270 g/mol. The highest BCUT2D eigenvalue weighted by Crippen LogP contribution is 2.24. The van der Waals surface area contributed by atoms with E-state index in [1.165, 1.54) is 0 Å². The average molecular weight is 270 g/mol. The molecule has 19 heavy (non-hydrogen) atoms. The molecular weight excluding hydrogens is 244 g/mol. The lowest BCUT2D eigenvalue weighted by atomic mass is 9.95. The minimum atomic E-state index is -0.110. The van der Waals surface area contributed by atoms with Crippen LogP contribution in [0.1, 0.15) is 65.7 Å². The molecule has 1 aliphatic rings. The fourth-order valence-corrected chi connectivity index (χ4v) is 2.28. The van der Waals surface area contributed by atoms with Gasteiger partial charge in [-0.2, -0.15) is 0 Å². The molecule has 4 nitrogen and oxygen atoms in total. The van der Waals surface area contributed by atoms with Crippen LogP contribution in [0.3, 0.4) is 0 Å². The van der Waals surface area contributed by atoms with E-state index < -0.39 is 0 Å². The number of hydrogen-bond acceptors (Lipinski definition) is 4. The third kappa shape index (κ3) is 6.60. The summed E-state index contributed by atoms with van der Waals surface area (Å²) in [5.74, 6) is 0.114. The molecule has 0 radical (unpaired) electrons. The van der Waals surface area contributed by atoms with Crippen molar-refractivity contribution in [1.29, 1.82) is 0 Å². The van der Waals surface area contributed by atoms with Crippen LogP contribution in [-0.2, 0) is 19.1 Å². The van der Waals surface area contributed by atoms with Crippen molar-refractivity contribution >= 4 is 11.9 Å². The van der Waals surface area contributed by atoms with Crippen molar-refractivity contribution in [3.8, 4) is 0 Å². The predicted octanol–water partition coefficient (Wildman–Crippen LogP) is 3.23. The van der Waals surface area contributed by atoms with E-state index in [0.717, 1.165) is 32.1 Å². The zero-order valence-corrected chi connectivity index (χ0v) is 12.3. The lowest BCUT2D eigenvalue weighted by Crippen LogP contribution is -2.29. The van der Waals surface area contributed by atoms with Crippen molar-refractivity contribution in [3.05, 3.63) is 0 Å². The van der Waals surface area contributed by atoms with Crippen LogP contribution in [0.25, 0.3) is 0 Å². The number of hydrogen-bond donors (Lipinski definition) is 0. The Balaban J connectivity index is 2.21. The Bertz CT molecular complexity index is 291. The minimum absolute atomic E-state index is 0.00683. The number of carbonyl (C=O) groups excluding carboxylic acids is 2. The van der Waals surface area contributed by atoms with Gasteiger partial charge in [0.25, 0.3) is 0 Å². The summed E-state index contributed by atoms with van der Waals surface area (Å²) in [7, 11) is 0. The lowest BCUT2D eigenvalue weighted by molar-refractivity contribution is -0.158. The summed E-state index contributed by atoms with van der Waals surface area (Å²) >= 11 is 0. The minimum Gasteiger partial charge on any atom is -0.462 e. The van der Waals surface area contributed by atoms with Gasteiger partial charge < -0.3 is 9.47 Å². The van der Waals surface area contributed by atoms with Crippen molar-refractivity contribution in [3.63, 3.8) is 0 Å². The molecule has 1 rings (SSSR count). The molecule has 0 unspecified atom stereocenters. The van der Waals surface area contributed by atoms with Crippen molar-refractivity contribution in [2.75, 3.05) is 0 Å². The second kappa shape index (κ2) is 8.18. The first-order chi connectivity index (χ1) is 9.01. The largest absolute Gasteiger partial charge is 0.462 e. The highest BCUT2D eigenvalue weighted by molar-refractivity contribution is 5.70. The van der Waals surface area contributed by atoms with E-state index in [1.807, 2.05) is 20.8 Å². The van der Waals surface area contributed by atoms with Gasteiger partial charge in [0.15, 0.2) is 0 Å². The Morgan fingerprint density at radius 3 is 1.89 bits per heavy atom. The van der Waals surface area contributed by atoms with Gasteiger partial charge in [0.1, 0.15) is 12.2 Å². The number of esters is 2. The fourth-order valence-electron chi connectivity index (χ4n) is 2.28. The van der Waals surface area contributed by atoms with Gasteiger partial charge in [-0.25, -0.2) is 0 Å². The predicted molar refractivity (Wildman–Crippen MR) is 72.6 cm³/mol. The van der Waals surface area contributed by atoms with E-state index in [9.17, 15) is 9.59 Å². The second-order valence-corrected chi connectivity index (χ2v) is 5.73. The molecule has 0 bridgehead atoms. The number of ether oxygens (including phenoxy) is 2. The highest BCUT2D eigenvalue weighted by atomic mass is 16.6. The Kier molecular flexibility index (Phi) is 6.89. The molecule has 0 atom stereocenters. The van der Waals surface area contributed by atoms with Crippen LogP contribution in [0.5, 0.6) is 0 Å². The Labute approximate surface area is 115 Å². The van der Waals surface area contributed by atoms with E-state index in [1.54, 1.807) is 0 Å². The SMILES string of the molecule is CCCC(=O)OC1CCC(OC(=O)CC(C)C)CC1. The molecule has 0 spiro atoms. The maximum absolute atomic E-state index is 11.6. The zero-order chi connectivity index (χ0) is 14.3. The van der Waals surface area contributed by atoms with Gasteiger partial charge >= 0.3 is 11.9 Å². The molecule has 0 aromatic carbocycles. The van der Waals surface area contributed by atoms with Gasteiger partial charge in [-0.1, -0.05) is 20.8 Å². The van der Waals surface area contributed by atoms with Crippen LogP contribution in [-0.4, -0.2) is 24.1 Å². The van der Waals surface area contributed by atoms with Crippen LogP contribution in [0.15, 0.2) is 0 Å². The number of rotatable bonds is 6. The summed E-state index contributed by atoms with van der Waals surface area (Å²) in [4.78, 5) is 22.9. The Morgan fingerprint density at radius 1 is 1.00 bits per heavy atom. The van der Waals surface area contributed by atoms with Crippen LogP contribution in [0, 0.1) is 5.92 Å². The zero-order valence-electron chi connectivity index (χ0n) is 12.3. The molecule has 4 heteroatoms. The summed E-state index contributed by atoms with van der Waals surface area (Å²) in [6, 6.07) is 0. The first-order valence-electron chi connectivity index (χ1n) is 7.40. The molecule has 0 heterocycles. The summed E-state index contributed by atoms with van der Waals surface area (Å²) in [5.41, 5.74) is 0. The standard InChI is InChI=1S/C15H26O4/c1-4-5-14(16)18-12-6-8-13(9-7-12)19-15(17)10-11(2)3/h11-13H,4-10H2,1-3H3. The van der Waals surface area contributed by atoms with Crippen LogP contribution < -0.4 is 0 Å². The van der Waals surface area contributed by atoms with Crippen molar-refractivity contribution in [1.82, 2.24) is 0 Å². The van der Waals surface area contributed by atoms with Crippen molar-refractivity contribution < 1.29 is 19.1 Å². The average Bonchev–Trinajstić information content (AvgIpc) is 2.31. The highest BCUT2D eigenvalue weighted by Gasteiger charge is 2.26. The summed E-state index contributed by atoms with van der Waals surface area (Å²) in [5, 5.41) is 0. The second-order valence-electron chi connectivity index (χ2n) is 5.73. The first-order valence-corrected chi connectivity index (χ1v) is 7.40. The molecule has 0 aromatic heterocycles. The summed E-state index contributed by atoms with van der Waals surface area (Å²) in [6.45, 7) is 5.98. The smallest absolute Gasteiger partial charge is 0.306 e. The third-order valence-electron chi connectivity index (χ3n) is 3.25. The van der Waals surface area contributed by atoms with E-state index in [-0.39, 0.29) is 24.1 Å². The van der Waals surface area contributed by atoms with E-state index in [0.29, 0.717) is 18.8 Å². The quantitative estimate of drug-likeness (QED) is 0.695. The molecular formula is C15H26O4. The molecule has 1 fully saturated rings. The van der Waals surface area contributed by atoms with Gasteiger partial charge in [-0.3, -0.25) is 9.59 Å². The van der Waals surface area contributed by atoms with E-state index >= 15 is 0 Å². The summed E-state index contributed by atoms with van der Waals surface area (Å²) < 4.78 is 10.8. The molecule has 0 N–H and O–H groups in total. The molecule has 0 amide bonds. The molecule has 0 saturated heterocycles. The van der Waals surface area contributed by atoms with Gasteiger partial charge in [0.2, 0.25) is 0 Å². The fraction of sp³-hybridized carbons (Fsp3) is 0.867. The third-order valence-corrected chi connectivity index (χ3v) is 3.25. The van der Waals surface area contributed by atoms with Gasteiger partial charge in [-0.05, 0) is 38.0 Å².